The van der Waals surface area contributed by atoms with Gasteiger partial charge in [-0.3, -0.25) is 0 Å². The van der Waals surface area contributed by atoms with Crippen molar-refractivity contribution < 1.29 is 14.7 Å². The topological polar surface area (TPSA) is 61.6 Å². The van der Waals surface area contributed by atoms with E-state index in [0.717, 1.165) is 0 Å². The van der Waals surface area contributed by atoms with Crippen molar-refractivity contribution in [1.29, 1.82) is 0 Å². The minimum absolute atomic E-state index is 0.0104. The van der Waals surface area contributed by atoms with E-state index < -0.39 is 5.09 Å². The second-order valence-electron chi connectivity index (χ2n) is 1.57. The lowest BCUT2D eigenvalue weighted by molar-refractivity contribution is -0.759. The zero-order chi connectivity index (χ0) is 7.28. The summed E-state index contributed by atoms with van der Waals surface area (Å²) in [6.45, 7) is 1.67. The third kappa shape index (κ3) is 5.02. The van der Waals surface area contributed by atoms with E-state index in [1.54, 1.807) is 6.92 Å². The van der Waals surface area contributed by atoms with Crippen molar-refractivity contribution in [2.45, 2.75) is 13.0 Å². The second-order valence-corrected chi connectivity index (χ2v) is 1.57. The lowest BCUT2D eigenvalue weighted by Crippen LogP contribution is -2.16. The lowest BCUT2D eigenvalue weighted by atomic mass is 10.4. The van der Waals surface area contributed by atoms with Gasteiger partial charge < -0.3 is 9.57 Å². The maximum atomic E-state index is 9.55. The van der Waals surface area contributed by atoms with Crippen molar-refractivity contribution >= 4 is 0 Å². The summed E-state index contributed by atoms with van der Waals surface area (Å²) in [5.41, 5.74) is 0. The normalized spacial score (nSPS) is 12.7. The molecule has 0 saturated heterocycles. The Bertz CT molecular complexity index is 94.6. The Hall–Kier alpha value is -0.840. The van der Waals surface area contributed by atoms with Gasteiger partial charge in [0.05, 0.1) is 6.10 Å². The number of hydrogen-bond acceptors (Lipinski definition) is 4. The summed E-state index contributed by atoms with van der Waals surface area (Å²) in [6.07, 6.45) is -0.226. The maximum absolute atomic E-state index is 9.55. The van der Waals surface area contributed by atoms with E-state index >= 15 is 0 Å². The Morgan fingerprint density at radius 2 is 2.33 bits per heavy atom. The van der Waals surface area contributed by atoms with Gasteiger partial charge in [0, 0.05) is 7.11 Å². The van der Waals surface area contributed by atoms with Crippen molar-refractivity contribution in [3.63, 3.8) is 0 Å². The highest BCUT2D eigenvalue weighted by molar-refractivity contribution is 4.40. The molecule has 1 atom stereocenters. The van der Waals surface area contributed by atoms with Gasteiger partial charge in [-0.2, -0.15) is 0 Å². The predicted molar refractivity (Wildman–Crippen MR) is 29.4 cm³/mol. The molecule has 0 aliphatic rings. The van der Waals surface area contributed by atoms with Crippen LogP contribution in [0, 0.1) is 10.1 Å². The molecule has 0 spiro atoms. The Labute approximate surface area is 52.7 Å². The van der Waals surface area contributed by atoms with Gasteiger partial charge >= 0.3 is 0 Å². The Morgan fingerprint density at radius 1 is 1.78 bits per heavy atom. The molecule has 0 fully saturated rings. The number of nitrogens with zero attached hydrogens (tertiary/aromatic N) is 1. The molecule has 0 N–H and O–H groups in total. The molecule has 5 nitrogen and oxygen atoms in total. The van der Waals surface area contributed by atoms with Crippen LogP contribution < -0.4 is 0 Å². The molecule has 0 amide bonds. The van der Waals surface area contributed by atoms with E-state index in [4.69, 9.17) is 0 Å². The molecule has 0 saturated carbocycles. The first-order valence-corrected chi connectivity index (χ1v) is 2.47. The highest BCUT2D eigenvalue weighted by atomic mass is 17.0. The van der Waals surface area contributed by atoms with Crippen LogP contribution in [0.1, 0.15) is 6.92 Å². The van der Waals surface area contributed by atoms with Gasteiger partial charge in [0.25, 0.3) is 5.09 Å². The molecule has 9 heavy (non-hydrogen) atoms. The van der Waals surface area contributed by atoms with Crippen molar-refractivity contribution in [2.24, 2.45) is 0 Å². The molecule has 0 aromatic heterocycles. The average Bonchev–Trinajstić information content (AvgIpc) is 1.83. The molecule has 0 radical (unpaired) electrons. The van der Waals surface area contributed by atoms with Crippen LogP contribution >= 0.6 is 0 Å². The zero-order valence-corrected chi connectivity index (χ0v) is 5.36. The predicted octanol–water partition coefficient (Wildman–Crippen LogP) is 0.230. The maximum Gasteiger partial charge on any atom is 0.294 e. The first kappa shape index (κ1) is 8.16. The van der Waals surface area contributed by atoms with Gasteiger partial charge in [-0.05, 0) is 6.92 Å². The van der Waals surface area contributed by atoms with Crippen molar-refractivity contribution in [3.8, 4) is 0 Å². The molecule has 0 heterocycles. The molecule has 0 aliphatic heterocycles. The summed E-state index contributed by atoms with van der Waals surface area (Å²) in [5.74, 6) is 0. The number of rotatable bonds is 4. The largest absolute Gasteiger partial charge is 0.380 e. The fraction of sp³-hybridized carbons (Fsp3) is 1.00. The van der Waals surface area contributed by atoms with E-state index in [1.165, 1.54) is 7.11 Å². The molecule has 0 aromatic carbocycles. The molecule has 0 bridgehead atoms. The summed E-state index contributed by atoms with van der Waals surface area (Å²) >= 11 is 0. The molecule has 0 rings (SSSR count). The zero-order valence-electron chi connectivity index (χ0n) is 5.36. The first-order valence-electron chi connectivity index (χ1n) is 2.47. The molecule has 0 aromatic rings. The molecule has 54 valence electrons. The molecule has 0 aliphatic carbocycles. The minimum Gasteiger partial charge on any atom is -0.380 e. The van der Waals surface area contributed by atoms with Crippen LogP contribution in [0.2, 0.25) is 0 Å². The SMILES string of the molecule is COC(C)CO[N+](=O)[O-]. The molecule has 1 unspecified atom stereocenters. The van der Waals surface area contributed by atoms with E-state index in [2.05, 4.69) is 9.57 Å². The number of methoxy groups -OCH3 is 1. The summed E-state index contributed by atoms with van der Waals surface area (Å²) in [7, 11) is 1.47. The van der Waals surface area contributed by atoms with Crippen LogP contribution in [-0.4, -0.2) is 24.9 Å². The van der Waals surface area contributed by atoms with Crippen LogP contribution in [0.15, 0.2) is 0 Å². The van der Waals surface area contributed by atoms with E-state index in [1.807, 2.05) is 0 Å². The van der Waals surface area contributed by atoms with Crippen LogP contribution in [0.3, 0.4) is 0 Å². The number of ether oxygens (including phenoxy) is 1. The third-order valence-corrected chi connectivity index (χ3v) is 0.817. The minimum atomic E-state index is -0.838. The van der Waals surface area contributed by atoms with Crippen LogP contribution in [-0.2, 0) is 9.57 Å². The van der Waals surface area contributed by atoms with Gasteiger partial charge in [0.1, 0.15) is 6.61 Å². The molecular formula is C4H9NO4. The fourth-order valence-corrected chi connectivity index (χ4v) is 0.234. The molecular weight excluding hydrogens is 126 g/mol. The standard InChI is InChI=1S/C4H9NO4/c1-4(8-2)3-9-5(6)7/h4H,3H2,1-2H3. The lowest BCUT2D eigenvalue weighted by Gasteiger charge is -2.05. The molecule has 5 heteroatoms. The monoisotopic (exact) mass is 135 g/mol. The fourth-order valence-electron chi connectivity index (χ4n) is 0.234. The van der Waals surface area contributed by atoms with Crippen LogP contribution in [0.5, 0.6) is 0 Å². The summed E-state index contributed by atoms with van der Waals surface area (Å²) in [6, 6.07) is 0. The van der Waals surface area contributed by atoms with Gasteiger partial charge in [0.15, 0.2) is 0 Å². The summed E-state index contributed by atoms with van der Waals surface area (Å²) in [5, 5.41) is 8.71. The van der Waals surface area contributed by atoms with Gasteiger partial charge in [-0.25, -0.2) is 0 Å². The highest BCUT2D eigenvalue weighted by Crippen LogP contribution is 1.87. The Kier molecular flexibility index (Phi) is 3.70. The quantitative estimate of drug-likeness (QED) is 0.409. The second kappa shape index (κ2) is 4.08. The van der Waals surface area contributed by atoms with Crippen molar-refractivity contribution in [1.82, 2.24) is 0 Å². The third-order valence-electron chi connectivity index (χ3n) is 0.817. The summed E-state index contributed by atoms with van der Waals surface area (Å²) < 4.78 is 4.67. The Balaban J connectivity index is 3.16. The van der Waals surface area contributed by atoms with Gasteiger partial charge in [0.2, 0.25) is 0 Å². The highest BCUT2D eigenvalue weighted by Gasteiger charge is 2.01. The van der Waals surface area contributed by atoms with Gasteiger partial charge in [-0.1, -0.05) is 0 Å². The first-order chi connectivity index (χ1) is 4.16. The van der Waals surface area contributed by atoms with Crippen LogP contribution in [0.4, 0.5) is 0 Å². The van der Waals surface area contributed by atoms with Crippen molar-refractivity contribution in [2.75, 3.05) is 13.7 Å². The summed E-state index contributed by atoms with van der Waals surface area (Å²) in [4.78, 5) is 13.5. The number of hydrogen-bond donors (Lipinski definition) is 0. The van der Waals surface area contributed by atoms with E-state index in [-0.39, 0.29) is 12.7 Å². The van der Waals surface area contributed by atoms with E-state index in [0.29, 0.717) is 0 Å². The van der Waals surface area contributed by atoms with Crippen molar-refractivity contribution in [3.05, 3.63) is 10.1 Å². The average molecular weight is 135 g/mol. The van der Waals surface area contributed by atoms with E-state index in [9.17, 15) is 10.1 Å². The smallest absolute Gasteiger partial charge is 0.294 e. The van der Waals surface area contributed by atoms with Crippen LogP contribution in [0.25, 0.3) is 0 Å². The van der Waals surface area contributed by atoms with Gasteiger partial charge in [-0.15, -0.1) is 10.1 Å². The Morgan fingerprint density at radius 3 is 2.67 bits per heavy atom.